The number of rotatable bonds is 8. The highest BCUT2D eigenvalue weighted by Gasteiger charge is 2.33. The maximum atomic E-state index is 12.5. The molecule has 1 aliphatic rings. The third kappa shape index (κ3) is 4.59. The smallest absolute Gasteiger partial charge is 0.282 e. The van der Waals surface area contributed by atoms with Crippen LogP contribution in [0.3, 0.4) is 0 Å². The summed E-state index contributed by atoms with van der Waals surface area (Å²) in [6, 6.07) is 0.0864. The summed E-state index contributed by atoms with van der Waals surface area (Å²) < 4.78 is 28.0. The average molecular weight is 337 g/mol. The lowest BCUT2D eigenvalue weighted by Gasteiger charge is -2.39. The van der Waals surface area contributed by atoms with Crippen molar-refractivity contribution in [1.29, 1.82) is 0 Å². The first kappa shape index (κ1) is 18.8. The lowest BCUT2D eigenvalue weighted by molar-refractivity contribution is 0.157. The Morgan fingerprint density at radius 3 is 2.10 bits per heavy atom. The summed E-state index contributed by atoms with van der Waals surface area (Å²) in [5, 5.41) is 0. The Hall–Kier alpha value is -0.280. The quantitative estimate of drug-likeness (QED) is 0.659. The molecule has 2 N–H and O–H groups in total. The molecular formula is C13H28N4O2S2. The van der Waals surface area contributed by atoms with Crippen LogP contribution in [0.15, 0.2) is 0 Å². The maximum absolute atomic E-state index is 12.5. The maximum Gasteiger partial charge on any atom is 0.282 e. The van der Waals surface area contributed by atoms with E-state index in [1.54, 1.807) is 4.31 Å². The minimum Gasteiger partial charge on any atom is -0.392 e. The van der Waals surface area contributed by atoms with Crippen molar-refractivity contribution in [2.45, 2.75) is 39.7 Å². The first-order valence-corrected chi connectivity index (χ1v) is 9.47. The normalized spacial score (nSPS) is 19.8. The van der Waals surface area contributed by atoms with Crippen LogP contribution in [0.5, 0.6) is 0 Å². The van der Waals surface area contributed by atoms with E-state index in [2.05, 4.69) is 11.8 Å². The fraction of sp³-hybridized carbons (Fsp3) is 0.923. The molecule has 21 heavy (non-hydrogen) atoms. The molecule has 1 fully saturated rings. The van der Waals surface area contributed by atoms with Crippen LogP contribution in [0.1, 0.15) is 33.6 Å². The Kier molecular flexibility index (Phi) is 7.49. The molecule has 0 bridgehead atoms. The van der Waals surface area contributed by atoms with Crippen LogP contribution in [0, 0.1) is 0 Å². The molecule has 0 aromatic heterocycles. The number of nitrogens with zero attached hydrogens (tertiary/aromatic N) is 3. The molecule has 0 saturated carbocycles. The molecule has 1 atom stereocenters. The van der Waals surface area contributed by atoms with Crippen LogP contribution < -0.4 is 5.73 Å². The number of thiocarbonyl (C=S) groups is 1. The van der Waals surface area contributed by atoms with E-state index in [1.807, 2.05) is 13.8 Å². The van der Waals surface area contributed by atoms with Gasteiger partial charge in [-0.15, -0.1) is 0 Å². The first-order valence-electron chi connectivity index (χ1n) is 7.67. The van der Waals surface area contributed by atoms with Crippen LogP contribution in [-0.2, 0) is 10.2 Å². The molecule has 0 aromatic carbocycles. The minimum absolute atomic E-state index is 0.0864. The van der Waals surface area contributed by atoms with E-state index in [9.17, 15) is 8.42 Å². The molecule has 1 heterocycles. The summed E-state index contributed by atoms with van der Waals surface area (Å²) in [4.78, 5) is 2.72. The first-order chi connectivity index (χ1) is 9.88. The highest BCUT2D eigenvalue weighted by molar-refractivity contribution is 7.86. The molecule has 124 valence electrons. The van der Waals surface area contributed by atoms with E-state index in [-0.39, 0.29) is 6.04 Å². The molecule has 1 saturated heterocycles. The molecule has 1 aliphatic heterocycles. The number of hydrogen-bond donors (Lipinski definition) is 1. The van der Waals surface area contributed by atoms with E-state index in [4.69, 9.17) is 18.0 Å². The SMILES string of the molecule is CCCC(C(N)=S)N1CCN(S(=O)(=O)N(CC)CC)CC1. The zero-order valence-electron chi connectivity index (χ0n) is 13.3. The van der Waals surface area contributed by atoms with Gasteiger partial charge in [0.15, 0.2) is 0 Å². The van der Waals surface area contributed by atoms with Gasteiger partial charge >= 0.3 is 0 Å². The van der Waals surface area contributed by atoms with Crippen molar-refractivity contribution in [2.75, 3.05) is 39.3 Å². The molecule has 1 unspecified atom stereocenters. The molecule has 0 aromatic rings. The second-order valence-corrected chi connectivity index (χ2v) is 7.63. The van der Waals surface area contributed by atoms with E-state index < -0.39 is 10.2 Å². The van der Waals surface area contributed by atoms with Gasteiger partial charge in [0.05, 0.1) is 11.0 Å². The van der Waals surface area contributed by atoms with Gasteiger partial charge in [-0.05, 0) is 6.42 Å². The van der Waals surface area contributed by atoms with Gasteiger partial charge in [0.2, 0.25) is 0 Å². The molecule has 1 rings (SSSR count). The zero-order chi connectivity index (χ0) is 16.0. The van der Waals surface area contributed by atoms with Gasteiger partial charge in [-0.3, -0.25) is 4.90 Å². The second kappa shape index (κ2) is 8.38. The van der Waals surface area contributed by atoms with Crippen molar-refractivity contribution in [3.63, 3.8) is 0 Å². The predicted octanol–water partition coefficient (Wildman–Crippen LogP) is 0.645. The highest BCUT2D eigenvalue weighted by atomic mass is 32.2. The second-order valence-electron chi connectivity index (χ2n) is 5.23. The van der Waals surface area contributed by atoms with Crippen molar-refractivity contribution < 1.29 is 8.42 Å². The van der Waals surface area contributed by atoms with Gasteiger partial charge < -0.3 is 5.73 Å². The number of piperazine rings is 1. The van der Waals surface area contributed by atoms with Gasteiger partial charge in [0.1, 0.15) is 0 Å². The van der Waals surface area contributed by atoms with E-state index in [0.29, 0.717) is 44.3 Å². The number of nitrogens with two attached hydrogens (primary N) is 1. The fourth-order valence-corrected chi connectivity index (χ4v) is 4.61. The predicted molar refractivity (Wildman–Crippen MR) is 90.5 cm³/mol. The minimum atomic E-state index is -3.33. The Bertz CT molecular complexity index is 429. The van der Waals surface area contributed by atoms with Gasteiger partial charge in [-0.1, -0.05) is 39.4 Å². The van der Waals surface area contributed by atoms with Crippen molar-refractivity contribution in [3.8, 4) is 0 Å². The third-order valence-corrected chi connectivity index (χ3v) is 6.42. The summed E-state index contributed by atoms with van der Waals surface area (Å²) in [5.74, 6) is 0. The van der Waals surface area contributed by atoms with Crippen LogP contribution in [-0.4, -0.2) is 72.2 Å². The molecule has 0 spiro atoms. The molecule has 0 amide bonds. The Labute approximate surface area is 134 Å². The summed E-state index contributed by atoms with van der Waals surface area (Å²) in [7, 11) is -3.33. The van der Waals surface area contributed by atoms with E-state index in [1.165, 1.54) is 4.31 Å². The van der Waals surface area contributed by atoms with E-state index in [0.717, 1.165) is 12.8 Å². The Morgan fingerprint density at radius 1 is 1.19 bits per heavy atom. The summed E-state index contributed by atoms with van der Waals surface area (Å²) in [6.45, 7) is 9.21. The molecule has 0 aliphatic carbocycles. The monoisotopic (exact) mass is 336 g/mol. The van der Waals surface area contributed by atoms with Crippen molar-refractivity contribution in [1.82, 2.24) is 13.5 Å². The lowest BCUT2D eigenvalue weighted by Crippen LogP contribution is -2.57. The van der Waals surface area contributed by atoms with Crippen LogP contribution in [0.25, 0.3) is 0 Å². The van der Waals surface area contributed by atoms with Gasteiger partial charge in [-0.2, -0.15) is 17.0 Å². The summed E-state index contributed by atoms with van der Waals surface area (Å²) >= 11 is 5.14. The Balaban J connectivity index is 2.69. The van der Waals surface area contributed by atoms with Gasteiger partial charge in [0, 0.05) is 39.3 Å². The van der Waals surface area contributed by atoms with Crippen molar-refractivity contribution in [3.05, 3.63) is 0 Å². The standard InChI is InChI=1S/C13H28N4O2S2/c1-4-7-12(13(14)20)15-8-10-17(11-9-15)21(18,19)16(5-2)6-3/h12H,4-11H2,1-3H3,(H2,14,20). The van der Waals surface area contributed by atoms with Crippen LogP contribution >= 0.6 is 12.2 Å². The Morgan fingerprint density at radius 2 is 1.71 bits per heavy atom. The summed E-state index contributed by atoms with van der Waals surface area (Å²) in [6.07, 6.45) is 1.94. The summed E-state index contributed by atoms with van der Waals surface area (Å²) in [5.41, 5.74) is 5.82. The average Bonchev–Trinajstić information content (AvgIpc) is 2.45. The third-order valence-electron chi connectivity index (χ3n) is 3.96. The lowest BCUT2D eigenvalue weighted by atomic mass is 10.1. The molecule has 0 radical (unpaired) electrons. The van der Waals surface area contributed by atoms with Crippen molar-refractivity contribution in [2.24, 2.45) is 5.73 Å². The fourth-order valence-electron chi connectivity index (χ4n) is 2.74. The topological polar surface area (TPSA) is 69.9 Å². The van der Waals surface area contributed by atoms with Gasteiger partial charge in [-0.25, -0.2) is 0 Å². The molecule has 6 nitrogen and oxygen atoms in total. The van der Waals surface area contributed by atoms with E-state index >= 15 is 0 Å². The highest BCUT2D eigenvalue weighted by Crippen LogP contribution is 2.16. The molecular weight excluding hydrogens is 308 g/mol. The zero-order valence-corrected chi connectivity index (χ0v) is 14.9. The van der Waals surface area contributed by atoms with Crippen molar-refractivity contribution >= 4 is 27.4 Å². The van der Waals surface area contributed by atoms with Crippen LogP contribution in [0.2, 0.25) is 0 Å². The largest absolute Gasteiger partial charge is 0.392 e. The van der Waals surface area contributed by atoms with Crippen LogP contribution in [0.4, 0.5) is 0 Å². The van der Waals surface area contributed by atoms with Gasteiger partial charge in [0.25, 0.3) is 10.2 Å². The molecule has 8 heteroatoms. The number of hydrogen-bond acceptors (Lipinski definition) is 4.